The standard InChI is InChI=1S/C19H23BrN2O2/c20-17-6-4-16(5-7-17)14-22-11-8-15(9-12-22)2-1-3-18(23)19-21-10-13-24-19/h4-7,10,13,15H,1-3,8-9,11-12,14H2. The van der Waals surface area contributed by atoms with Crippen LogP contribution in [0.25, 0.3) is 0 Å². The van der Waals surface area contributed by atoms with E-state index in [9.17, 15) is 4.79 Å². The molecule has 0 N–H and O–H groups in total. The summed E-state index contributed by atoms with van der Waals surface area (Å²) in [6.07, 6.45) is 8.02. The zero-order chi connectivity index (χ0) is 16.8. The molecule has 0 amide bonds. The van der Waals surface area contributed by atoms with Crippen molar-refractivity contribution >= 4 is 21.7 Å². The van der Waals surface area contributed by atoms with Crippen LogP contribution in [0, 0.1) is 5.92 Å². The lowest BCUT2D eigenvalue weighted by atomic mass is 9.91. The largest absolute Gasteiger partial charge is 0.442 e. The van der Waals surface area contributed by atoms with Gasteiger partial charge in [-0.3, -0.25) is 9.69 Å². The lowest BCUT2D eigenvalue weighted by molar-refractivity contribution is 0.0940. The summed E-state index contributed by atoms with van der Waals surface area (Å²) < 4.78 is 6.17. The van der Waals surface area contributed by atoms with Crippen LogP contribution in [0.4, 0.5) is 0 Å². The number of aromatic nitrogens is 1. The van der Waals surface area contributed by atoms with Crippen molar-refractivity contribution in [1.82, 2.24) is 9.88 Å². The molecule has 0 saturated carbocycles. The summed E-state index contributed by atoms with van der Waals surface area (Å²) in [4.78, 5) is 18.3. The van der Waals surface area contributed by atoms with E-state index in [0.29, 0.717) is 6.42 Å². The molecule has 0 bridgehead atoms. The predicted octanol–water partition coefficient (Wildman–Crippen LogP) is 4.70. The number of benzene rings is 1. The average molecular weight is 391 g/mol. The van der Waals surface area contributed by atoms with E-state index in [2.05, 4.69) is 50.1 Å². The van der Waals surface area contributed by atoms with Crippen molar-refractivity contribution in [3.05, 3.63) is 52.7 Å². The summed E-state index contributed by atoms with van der Waals surface area (Å²) in [5.74, 6) is 1.01. The van der Waals surface area contributed by atoms with E-state index in [0.717, 1.165) is 42.9 Å². The third-order valence-corrected chi connectivity index (χ3v) is 5.24. The van der Waals surface area contributed by atoms with Gasteiger partial charge in [0.2, 0.25) is 5.78 Å². The number of Topliss-reactive ketones (excluding diaryl/α,β-unsaturated/α-hetero) is 1. The van der Waals surface area contributed by atoms with Gasteiger partial charge in [0.05, 0.1) is 6.20 Å². The van der Waals surface area contributed by atoms with Gasteiger partial charge in [-0.2, -0.15) is 0 Å². The Morgan fingerprint density at radius 1 is 1.25 bits per heavy atom. The summed E-state index contributed by atoms with van der Waals surface area (Å²) >= 11 is 3.48. The number of rotatable bonds is 7. The minimum Gasteiger partial charge on any atom is -0.442 e. The van der Waals surface area contributed by atoms with Crippen molar-refractivity contribution in [3.63, 3.8) is 0 Å². The van der Waals surface area contributed by atoms with E-state index in [1.54, 1.807) is 0 Å². The highest BCUT2D eigenvalue weighted by Crippen LogP contribution is 2.24. The second-order valence-corrected chi connectivity index (χ2v) is 7.41. The van der Waals surface area contributed by atoms with Crippen molar-refractivity contribution in [3.8, 4) is 0 Å². The van der Waals surface area contributed by atoms with Gasteiger partial charge in [-0.15, -0.1) is 0 Å². The second kappa shape index (κ2) is 8.58. The minimum absolute atomic E-state index is 0.0210. The van der Waals surface area contributed by atoms with Gasteiger partial charge in [0.1, 0.15) is 6.26 Å². The van der Waals surface area contributed by atoms with Crippen molar-refractivity contribution in [2.75, 3.05) is 13.1 Å². The Hall–Kier alpha value is -1.46. The number of nitrogens with zero attached hydrogens (tertiary/aromatic N) is 2. The molecule has 1 saturated heterocycles. The highest BCUT2D eigenvalue weighted by atomic mass is 79.9. The molecule has 1 aromatic carbocycles. The molecule has 0 radical (unpaired) electrons. The van der Waals surface area contributed by atoms with E-state index in [4.69, 9.17) is 4.42 Å². The molecule has 1 fully saturated rings. The van der Waals surface area contributed by atoms with Gasteiger partial charge in [-0.05, 0) is 62.4 Å². The Balaban J connectivity index is 1.34. The zero-order valence-corrected chi connectivity index (χ0v) is 15.4. The molecule has 0 spiro atoms. The monoisotopic (exact) mass is 390 g/mol. The Morgan fingerprint density at radius 2 is 2.00 bits per heavy atom. The van der Waals surface area contributed by atoms with Crippen LogP contribution >= 0.6 is 15.9 Å². The van der Waals surface area contributed by atoms with Crippen LogP contribution in [0.1, 0.15) is 48.4 Å². The highest BCUT2D eigenvalue weighted by molar-refractivity contribution is 9.10. The molecular formula is C19H23BrN2O2. The maximum Gasteiger partial charge on any atom is 0.263 e. The Bertz CT molecular complexity index is 632. The third kappa shape index (κ3) is 5.02. The zero-order valence-electron chi connectivity index (χ0n) is 13.8. The Kier molecular flexibility index (Phi) is 6.21. The first-order valence-electron chi connectivity index (χ1n) is 8.60. The molecule has 1 aliphatic rings. The molecule has 2 aromatic rings. The van der Waals surface area contributed by atoms with Gasteiger partial charge in [0.15, 0.2) is 0 Å². The average Bonchev–Trinajstić information content (AvgIpc) is 3.13. The number of halogens is 1. The molecule has 128 valence electrons. The van der Waals surface area contributed by atoms with Gasteiger partial charge < -0.3 is 4.42 Å². The van der Waals surface area contributed by atoms with Crippen LogP contribution in [0.5, 0.6) is 0 Å². The van der Waals surface area contributed by atoms with E-state index in [-0.39, 0.29) is 11.7 Å². The molecule has 0 unspecified atom stereocenters. The number of carbonyl (C=O) groups is 1. The van der Waals surface area contributed by atoms with Gasteiger partial charge in [-0.1, -0.05) is 28.1 Å². The van der Waals surface area contributed by atoms with Crippen LogP contribution in [-0.4, -0.2) is 28.8 Å². The summed E-state index contributed by atoms with van der Waals surface area (Å²) in [5, 5.41) is 0. The first-order chi connectivity index (χ1) is 11.7. The van der Waals surface area contributed by atoms with E-state index < -0.39 is 0 Å². The van der Waals surface area contributed by atoms with Gasteiger partial charge in [0.25, 0.3) is 5.89 Å². The SMILES string of the molecule is O=C(CCCC1CCN(Cc2ccc(Br)cc2)CC1)c1ncco1. The number of likely N-dealkylation sites (tertiary alicyclic amines) is 1. The fourth-order valence-corrected chi connectivity index (χ4v) is 3.56. The van der Waals surface area contributed by atoms with Crippen molar-refractivity contribution in [2.24, 2.45) is 5.92 Å². The van der Waals surface area contributed by atoms with Gasteiger partial charge in [0, 0.05) is 17.4 Å². The summed E-state index contributed by atoms with van der Waals surface area (Å²) in [7, 11) is 0. The number of hydrogen-bond acceptors (Lipinski definition) is 4. The van der Waals surface area contributed by atoms with E-state index in [1.165, 1.54) is 30.9 Å². The molecule has 5 heteroatoms. The first-order valence-corrected chi connectivity index (χ1v) is 9.39. The highest BCUT2D eigenvalue weighted by Gasteiger charge is 2.20. The molecule has 3 rings (SSSR count). The van der Waals surface area contributed by atoms with E-state index in [1.807, 2.05) is 0 Å². The van der Waals surface area contributed by atoms with Crippen LogP contribution in [0.3, 0.4) is 0 Å². The molecule has 0 atom stereocenters. The van der Waals surface area contributed by atoms with E-state index >= 15 is 0 Å². The number of ketones is 1. The first kappa shape index (κ1) is 17.4. The smallest absolute Gasteiger partial charge is 0.263 e. The van der Waals surface area contributed by atoms with Crippen LogP contribution < -0.4 is 0 Å². The molecule has 4 nitrogen and oxygen atoms in total. The molecule has 2 heterocycles. The summed E-state index contributed by atoms with van der Waals surface area (Å²) in [6, 6.07) is 8.58. The van der Waals surface area contributed by atoms with Gasteiger partial charge >= 0.3 is 0 Å². The summed E-state index contributed by atoms with van der Waals surface area (Å²) in [6.45, 7) is 3.32. The second-order valence-electron chi connectivity index (χ2n) is 6.50. The quantitative estimate of drug-likeness (QED) is 0.642. The minimum atomic E-state index is 0.0210. The molecular weight excluding hydrogens is 368 g/mol. The fraction of sp³-hybridized carbons (Fsp3) is 0.474. The van der Waals surface area contributed by atoms with Crippen LogP contribution in [0.15, 0.2) is 45.6 Å². The van der Waals surface area contributed by atoms with Gasteiger partial charge in [-0.25, -0.2) is 4.98 Å². The topological polar surface area (TPSA) is 46.3 Å². The van der Waals surface area contributed by atoms with Crippen molar-refractivity contribution in [1.29, 1.82) is 0 Å². The molecule has 0 aliphatic carbocycles. The molecule has 1 aliphatic heterocycles. The fourth-order valence-electron chi connectivity index (χ4n) is 3.30. The molecule has 24 heavy (non-hydrogen) atoms. The normalized spacial score (nSPS) is 16.4. The molecule has 1 aromatic heterocycles. The summed E-state index contributed by atoms with van der Waals surface area (Å²) in [5.41, 5.74) is 1.37. The number of oxazole rings is 1. The van der Waals surface area contributed by atoms with Crippen molar-refractivity contribution in [2.45, 2.75) is 38.6 Å². The number of hydrogen-bond donors (Lipinski definition) is 0. The van der Waals surface area contributed by atoms with Crippen LogP contribution in [-0.2, 0) is 6.54 Å². The van der Waals surface area contributed by atoms with Crippen molar-refractivity contribution < 1.29 is 9.21 Å². The maximum absolute atomic E-state index is 11.9. The predicted molar refractivity (Wildman–Crippen MR) is 96.8 cm³/mol. The Labute approximate surface area is 151 Å². The van der Waals surface area contributed by atoms with Crippen LogP contribution in [0.2, 0.25) is 0 Å². The number of piperidine rings is 1. The third-order valence-electron chi connectivity index (χ3n) is 4.71. The lowest BCUT2D eigenvalue weighted by Crippen LogP contribution is -2.33. The Morgan fingerprint density at radius 3 is 2.67 bits per heavy atom. The number of carbonyl (C=O) groups excluding carboxylic acids is 1. The lowest BCUT2D eigenvalue weighted by Gasteiger charge is -2.32. The maximum atomic E-state index is 11.9.